The molecule has 6 nitrogen and oxygen atoms in total. The van der Waals surface area contributed by atoms with Crippen molar-refractivity contribution < 1.29 is 14.2 Å². The molecule has 1 aliphatic carbocycles. The van der Waals surface area contributed by atoms with E-state index in [-0.39, 0.29) is 18.4 Å². The third kappa shape index (κ3) is 4.33. The van der Waals surface area contributed by atoms with Crippen molar-refractivity contribution in [2.75, 3.05) is 6.79 Å². The van der Waals surface area contributed by atoms with Gasteiger partial charge in [0.05, 0.1) is 16.3 Å². The van der Waals surface area contributed by atoms with E-state index in [1.807, 2.05) is 71.3 Å². The highest BCUT2D eigenvalue weighted by atomic mass is 32.1. The first-order chi connectivity index (χ1) is 20.7. The lowest BCUT2D eigenvalue weighted by Gasteiger charge is -2.30. The fraction of sp³-hybridized carbons (Fsp3) is 0.143. The lowest BCUT2D eigenvalue weighted by Crippen LogP contribution is -2.38. The highest BCUT2D eigenvalue weighted by Crippen LogP contribution is 2.41. The van der Waals surface area contributed by atoms with Crippen molar-refractivity contribution in [3.05, 3.63) is 150 Å². The summed E-state index contributed by atoms with van der Waals surface area (Å²) in [7, 11) is 0. The summed E-state index contributed by atoms with van der Waals surface area (Å²) in [4.78, 5) is 19.8. The Labute approximate surface area is 246 Å². The maximum atomic E-state index is 13.9. The standard InChI is InChI=1S/C35H26N2O4S/c38-34-31(19-22-10-14-26(15-11-22)39-20-23-12-17-29-30(18-23)41-21-40-29)42-35-36-32-27-9-5-4-6-24(27)13-16-28(32)33(37(34)35)25-7-2-1-3-8-25/h1-12,14-15,17-19,33H,13,16,20-21H2/b31-19+/t33-/m0/s1. The normalized spacial score (nSPS) is 16.9. The number of aromatic nitrogens is 1. The van der Waals surface area contributed by atoms with E-state index in [1.165, 1.54) is 28.0 Å². The first-order valence-corrected chi connectivity index (χ1v) is 14.8. The molecule has 3 heterocycles. The van der Waals surface area contributed by atoms with Gasteiger partial charge < -0.3 is 14.2 Å². The van der Waals surface area contributed by atoms with Crippen molar-refractivity contribution in [2.24, 2.45) is 4.99 Å². The van der Waals surface area contributed by atoms with Crippen molar-refractivity contribution >= 4 is 23.1 Å². The lowest BCUT2D eigenvalue weighted by molar-refractivity contribution is 0.174. The van der Waals surface area contributed by atoms with Crippen LogP contribution in [0.25, 0.3) is 11.8 Å². The Balaban J connectivity index is 1.13. The molecule has 3 aliphatic rings. The average Bonchev–Trinajstić information content (AvgIpc) is 3.63. The Bertz CT molecular complexity index is 2040. The van der Waals surface area contributed by atoms with E-state index >= 15 is 0 Å². The van der Waals surface area contributed by atoms with Crippen LogP contribution in [-0.4, -0.2) is 11.4 Å². The average molecular weight is 571 g/mol. The lowest BCUT2D eigenvalue weighted by atomic mass is 9.83. The molecule has 0 bridgehead atoms. The minimum atomic E-state index is -0.167. The fourth-order valence-electron chi connectivity index (χ4n) is 5.97. The molecular weight excluding hydrogens is 544 g/mol. The minimum absolute atomic E-state index is 0.0128. The Morgan fingerprint density at radius 3 is 2.60 bits per heavy atom. The zero-order valence-corrected chi connectivity index (χ0v) is 23.5. The first-order valence-electron chi connectivity index (χ1n) is 14.0. The topological polar surface area (TPSA) is 62.1 Å². The molecule has 42 heavy (non-hydrogen) atoms. The van der Waals surface area contributed by atoms with Crippen molar-refractivity contribution in [1.29, 1.82) is 0 Å². The predicted octanol–water partition coefficient (Wildman–Crippen LogP) is 5.63. The smallest absolute Gasteiger partial charge is 0.271 e. The molecule has 0 N–H and O–H groups in total. The Morgan fingerprint density at radius 1 is 0.905 bits per heavy atom. The number of ether oxygens (including phenoxy) is 3. The molecule has 7 heteroatoms. The molecule has 0 spiro atoms. The van der Waals surface area contributed by atoms with Gasteiger partial charge in [-0.15, -0.1) is 0 Å². The van der Waals surface area contributed by atoms with Crippen LogP contribution in [-0.2, 0) is 13.0 Å². The van der Waals surface area contributed by atoms with Gasteiger partial charge in [0.1, 0.15) is 12.4 Å². The van der Waals surface area contributed by atoms with Gasteiger partial charge in [0.25, 0.3) is 5.56 Å². The largest absolute Gasteiger partial charge is 0.489 e. The minimum Gasteiger partial charge on any atom is -0.489 e. The van der Waals surface area contributed by atoms with Gasteiger partial charge in [-0.1, -0.05) is 84.1 Å². The molecule has 0 fully saturated rings. The van der Waals surface area contributed by atoms with Gasteiger partial charge in [0, 0.05) is 5.56 Å². The molecule has 0 unspecified atom stereocenters. The van der Waals surface area contributed by atoms with Gasteiger partial charge in [-0.25, -0.2) is 4.99 Å². The van der Waals surface area contributed by atoms with Crippen LogP contribution in [0.3, 0.4) is 0 Å². The fourth-order valence-corrected chi connectivity index (χ4v) is 6.97. The summed E-state index contributed by atoms with van der Waals surface area (Å²) < 4.78 is 19.4. The maximum Gasteiger partial charge on any atom is 0.271 e. The van der Waals surface area contributed by atoms with E-state index in [9.17, 15) is 4.79 Å². The molecular formula is C35H26N2O4S. The van der Waals surface area contributed by atoms with Gasteiger partial charge in [-0.2, -0.15) is 0 Å². The van der Waals surface area contributed by atoms with Gasteiger partial charge in [-0.05, 0) is 71.0 Å². The number of allylic oxidation sites excluding steroid dienone is 1. The van der Waals surface area contributed by atoms with E-state index in [1.54, 1.807) is 0 Å². The Hall–Kier alpha value is -4.88. The number of thiazole rings is 1. The number of fused-ring (bicyclic) bond motifs is 4. The third-order valence-electron chi connectivity index (χ3n) is 8.01. The van der Waals surface area contributed by atoms with Crippen LogP contribution in [0.2, 0.25) is 0 Å². The van der Waals surface area contributed by atoms with Gasteiger partial charge in [0.2, 0.25) is 6.79 Å². The highest BCUT2D eigenvalue weighted by molar-refractivity contribution is 7.07. The number of hydrogen-bond donors (Lipinski definition) is 0. The van der Waals surface area contributed by atoms with Gasteiger partial charge in [0.15, 0.2) is 16.3 Å². The summed E-state index contributed by atoms with van der Waals surface area (Å²) in [5.41, 5.74) is 7.74. The monoisotopic (exact) mass is 570 g/mol. The molecule has 2 aliphatic heterocycles. The maximum absolute atomic E-state index is 13.9. The van der Waals surface area contributed by atoms with Crippen LogP contribution < -0.4 is 29.1 Å². The summed E-state index contributed by atoms with van der Waals surface area (Å²) in [5.74, 6) is 2.25. The number of hydrogen-bond acceptors (Lipinski definition) is 6. The molecule has 0 saturated heterocycles. The summed E-state index contributed by atoms with van der Waals surface area (Å²) in [6.45, 7) is 0.671. The molecule has 1 aromatic heterocycles. The Kier molecular flexibility index (Phi) is 6.04. The van der Waals surface area contributed by atoms with Crippen LogP contribution in [0, 0.1) is 0 Å². The zero-order valence-electron chi connectivity index (χ0n) is 22.7. The number of aryl methyl sites for hydroxylation is 1. The van der Waals surface area contributed by atoms with Crippen LogP contribution >= 0.6 is 11.3 Å². The molecule has 206 valence electrons. The summed E-state index contributed by atoms with van der Waals surface area (Å²) in [6, 6.07) is 32.3. The van der Waals surface area contributed by atoms with Crippen molar-refractivity contribution in [1.82, 2.24) is 4.57 Å². The summed E-state index contributed by atoms with van der Waals surface area (Å²) in [6.07, 6.45) is 3.78. The second-order valence-electron chi connectivity index (χ2n) is 10.6. The Morgan fingerprint density at radius 2 is 1.71 bits per heavy atom. The molecule has 8 rings (SSSR count). The third-order valence-corrected chi connectivity index (χ3v) is 8.99. The summed E-state index contributed by atoms with van der Waals surface area (Å²) >= 11 is 1.45. The highest BCUT2D eigenvalue weighted by Gasteiger charge is 2.32. The molecule has 4 aromatic carbocycles. The second-order valence-corrected chi connectivity index (χ2v) is 11.6. The van der Waals surface area contributed by atoms with E-state index in [0.29, 0.717) is 11.1 Å². The molecule has 0 radical (unpaired) electrons. The summed E-state index contributed by atoms with van der Waals surface area (Å²) in [5, 5.41) is 0. The van der Waals surface area contributed by atoms with Crippen molar-refractivity contribution in [2.45, 2.75) is 25.5 Å². The number of rotatable bonds is 5. The molecule has 0 amide bonds. The van der Waals surface area contributed by atoms with Crippen molar-refractivity contribution in [3.8, 4) is 17.2 Å². The zero-order chi connectivity index (χ0) is 28.0. The van der Waals surface area contributed by atoms with Gasteiger partial charge in [-0.3, -0.25) is 9.36 Å². The molecule has 1 atom stereocenters. The van der Waals surface area contributed by atoms with Crippen LogP contribution in [0.1, 0.15) is 40.3 Å². The van der Waals surface area contributed by atoms with E-state index in [4.69, 9.17) is 19.2 Å². The van der Waals surface area contributed by atoms with Crippen LogP contribution in [0.15, 0.2) is 112 Å². The van der Waals surface area contributed by atoms with Crippen LogP contribution in [0.5, 0.6) is 17.2 Å². The number of benzene rings is 4. The molecule has 5 aromatic rings. The van der Waals surface area contributed by atoms with Crippen molar-refractivity contribution in [3.63, 3.8) is 0 Å². The van der Waals surface area contributed by atoms with Gasteiger partial charge >= 0.3 is 0 Å². The molecule has 0 saturated carbocycles. The van der Waals surface area contributed by atoms with E-state index < -0.39 is 0 Å². The second kappa shape index (κ2) is 10.2. The van der Waals surface area contributed by atoms with Crippen LogP contribution in [0.4, 0.5) is 0 Å². The first kappa shape index (κ1) is 24.9. The SMILES string of the molecule is O=c1/c(=C\c2ccc(OCc3ccc4c(c3)OCO4)cc2)sc2n1[C@@H](c1ccccc1)C1=C(N=2)c2ccccc2CC1. The van der Waals surface area contributed by atoms with E-state index in [2.05, 4.69) is 36.4 Å². The number of nitrogens with zero attached hydrogens (tertiary/aromatic N) is 2. The predicted molar refractivity (Wildman–Crippen MR) is 163 cm³/mol. The van der Waals surface area contributed by atoms with E-state index in [0.717, 1.165) is 57.3 Å². The quantitative estimate of drug-likeness (QED) is 0.275.